The van der Waals surface area contributed by atoms with Crippen molar-refractivity contribution in [2.24, 2.45) is 0 Å². The van der Waals surface area contributed by atoms with Gasteiger partial charge in [-0.3, -0.25) is 0 Å². The van der Waals surface area contributed by atoms with Gasteiger partial charge in [0.1, 0.15) is 0 Å². The predicted molar refractivity (Wildman–Crippen MR) is 92.8 cm³/mol. The second kappa shape index (κ2) is 7.92. The molecule has 0 spiro atoms. The van der Waals surface area contributed by atoms with E-state index in [4.69, 9.17) is 0 Å². The van der Waals surface area contributed by atoms with Gasteiger partial charge in [-0.05, 0) is 45.0 Å². The van der Waals surface area contributed by atoms with Gasteiger partial charge in [0.25, 0.3) is 0 Å². The number of nitrogens with zero attached hydrogens (tertiary/aromatic N) is 1. The van der Waals surface area contributed by atoms with Crippen LogP contribution in [-0.4, -0.2) is 53.9 Å². The lowest BCUT2D eigenvalue weighted by Gasteiger charge is -2.26. The molecule has 1 aliphatic rings. The zero-order valence-corrected chi connectivity index (χ0v) is 15.7. The van der Waals surface area contributed by atoms with Gasteiger partial charge in [-0.2, -0.15) is 4.31 Å². The van der Waals surface area contributed by atoms with Gasteiger partial charge in [-0.25, -0.2) is 21.6 Å². The van der Waals surface area contributed by atoms with E-state index in [0.29, 0.717) is 13.1 Å². The molecule has 1 aromatic carbocycles. The number of sulfonamides is 2. The Kier molecular flexibility index (Phi) is 6.38. The molecule has 9 heteroatoms. The van der Waals surface area contributed by atoms with Gasteiger partial charge < -0.3 is 5.32 Å². The van der Waals surface area contributed by atoms with Gasteiger partial charge in [0.05, 0.1) is 9.79 Å². The first-order valence-electron chi connectivity index (χ1n) is 8.04. The smallest absolute Gasteiger partial charge is 0.243 e. The molecular weight excluding hydrogens is 350 g/mol. The molecule has 0 aliphatic carbocycles. The highest BCUT2D eigenvalue weighted by molar-refractivity contribution is 7.90. The lowest BCUT2D eigenvalue weighted by atomic mass is 10.2. The predicted octanol–water partition coefficient (Wildman–Crippen LogP) is 0.747. The number of rotatable bonds is 7. The number of piperidine rings is 1. The fourth-order valence-corrected chi connectivity index (χ4v) is 5.29. The SMILES string of the molecule is CNC(C)CNS(=O)(=O)c1cccc(S(=O)(=O)N2CCCCC2)c1. The van der Waals surface area contributed by atoms with Crippen LogP contribution in [0.15, 0.2) is 34.1 Å². The summed E-state index contributed by atoms with van der Waals surface area (Å²) in [7, 11) is -5.66. The van der Waals surface area contributed by atoms with E-state index in [-0.39, 0.29) is 22.4 Å². The Balaban J connectivity index is 2.25. The van der Waals surface area contributed by atoms with Crippen LogP contribution in [0.4, 0.5) is 0 Å². The fourth-order valence-electron chi connectivity index (χ4n) is 2.48. The summed E-state index contributed by atoms with van der Waals surface area (Å²) in [5.74, 6) is 0. The maximum Gasteiger partial charge on any atom is 0.243 e. The van der Waals surface area contributed by atoms with Crippen LogP contribution in [0.1, 0.15) is 26.2 Å². The molecule has 7 nitrogen and oxygen atoms in total. The van der Waals surface area contributed by atoms with Gasteiger partial charge >= 0.3 is 0 Å². The molecule has 1 saturated heterocycles. The highest BCUT2D eigenvalue weighted by atomic mass is 32.2. The van der Waals surface area contributed by atoms with Crippen LogP contribution >= 0.6 is 0 Å². The lowest BCUT2D eigenvalue weighted by Crippen LogP contribution is -2.37. The van der Waals surface area contributed by atoms with Crippen molar-refractivity contribution < 1.29 is 16.8 Å². The molecule has 1 aliphatic heterocycles. The van der Waals surface area contributed by atoms with Crippen LogP contribution in [0.3, 0.4) is 0 Å². The molecule has 1 fully saturated rings. The van der Waals surface area contributed by atoms with Gasteiger partial charge in [-0.1, -0.05) is 12.5 Å². The average Bonchev–Trinajstić information content (AvgIpc) is 2.60. The van der Waals surface area contributed by atoms with Crippen LogP contribution in [0.2, 0.25) is 0 Å². The standard InChI is InChI=1S/C15H25N3O4S2/c1-13(16-2)12-17-23(19,20)14-7-6-8-15(11-14)24(21,22)18-9-4-3-5-10-18/h6-8,11,13,16-17H,3-5,9-10,12H2,1-2H3. The van der Waals surface area contributed by atoms with Crippen molar-refractivity contribution in [2.45, 2.75) is 42.0 Å². The molecule has 1 atom stereocenters. The molecule has 0 radical (unpaired) electrons. The minimum Gasteiger partial charge on any atom is -0.316 e. The fraction of sp³-hybridized carbons (Fsp3) is 0.600. The summed E-state index contributed by atoms with van der Waals surface area (Å²) in [6.07, 6.45) is 2.69. The van der Waals surface area contributed by atoms with Gasteiger partial charge in [-0.15, -0.1) is 0 Å². The van der Waals surface area contributed by atoms with Gasteiger partial charge in [0.2, 0.25) is 20.0 Å². The Hall–Kier alpha value is -1.00. The molecule has 24 heavy (non-hydrogen) atoms. The molecular formula is C15H25N3O4S2. The topological polar surface area (TPSA) is 95.6 Å². The minimum atomic E-state index is -3.75. The number of likely N-dealkylation sites (N-methyl/N-ethyl adjacent to an activating group) is 1. The van der Waals surface area contributed by atoms with Crippen LogP contribution in [-0.2, 0) is 20.0 Å². The Labute approximate surface area is 144 Å². The normalized spacial score (nSPS) is 18.4. The van der Waals surface area contributed by atoms with Crippen molar-refractivity contribution in [2.75, 3.05) is 26.7 Å². The monoisotopic (exact) mass is 375 g/mol. The molecule has 136 valence electrons. The molecule has 1 heterocycles. The van der Waals surface area contributed by atoms with E-state index in [2.05, 4.69) is 10.0 Å². The second-order valence-electron chi connectivity index (χ2n) is 5.98. The molecule has 0 aromatic heterocycles. The van der Waals surface area contributed by atoms with Crippen molar-refractivity contribution in [3.63, 3.8) is 0 Å². The van der Waals surface area contributed by atoms with E-state index in [1.54, 1.807) is 7.05 Å². The van der Waals surface area contributed by atoms with Gasteiger partial charge in [0, 0.05) is 25.7 Å². The third kappa shape index (κ3) is 4.54. The van der Waals surface area contributed by atoms with Gasteiger partial charge in [0.15, 0.2) is 0 Å². The first kappa shape index (κ1) is 19.3. The third-order valence-corrected chi connectivity index (χ3v) is 7.46. The summed E-state index contributed by atoms with van der Waals surface area (Å²) in [6, 6.07) is 5.52. The summed E-state index contributed by atoms with van der Waals surface area (Å²) >= 11 is 0. The number of hydrogen-bond donors (Lipinski definition) is 2. The van der Waals surface area contributed by atoms with E-state index < -0.39 is 20.0 Å². The van der Waals surface area contributed by atoms with E-state index in [1.807, 2.05) is 6.92 Å². The van der Waals surface area contributed by atoms with Crippen molar-refractivity contribution >= 4 is 20.0 Å². The summed E-state index contributed by atoms with van der Waals surface area (Å²) in [5.41, 5.74) is 0. The largest absolute Gasteiger partial charge is 0.316 e. The first-order valence-corrected chi connectivity index (χ1v) is 11.0. The zero-order chi connectivity index (χ0) is 17.8. The maximum atomic E-state index is 12.7. The van der Waals surface area contributed by atoms with Crippen molar-refractivity contribution in [1.29, 1.82) is 0 Å². The van der Waals surface area contributed by atoms with Crippen molar-refractivity contribution in [1.82, 2.24) is 14.3 Å². The summed E-state index contributed by atoms with van der Waals surface area (Å²) in [5, 5.41) is 2.94. The number of nitrogens with one attached hydrogen (secondary N) is 2. The molecule has 0 amide bonds. The molecule has 1 aromatic rings. The van der Waals surface area contributed by atoms with Crippen LogP contribution in [0.5, 0.6) is 0 Å². The molecule has 0 saturated carbocycles. The Bertz CT molecular complexity index is 757. The maximum absolute atomic E-state index is 12.7. The van der Waals surface area contributed by atoms with Crippen LogP contribution in [0.25, 0.3) is 0 Å². The zero-order valence-electron chi connectivity index (χ0n) is 14.0. The van der Waals surface area contributed by atoms with E-state index in [9.17, 15) is 16.8 Å². The lowest BCUT2D eigenvalue weighted by molar-refractivity contribution is 0.346. The van der Waals surface area contributed by atoms with Crippen molar-refractivity contribution in [3.05, 3.63) is 24.3 Å². The summed E-state index contributed by atoms with van der Waals surface area (Å²) in [6.45, 7) is 3.04. The van der Waals surface area contributed by atoms with E-state index in [1.165, 1.54) is 28.6 Å². The first-order chi connectivity index (χ1) is 11.3. The summed E-state index contributed by atoms with van der Waals surface area (Å²) < 4.78 is 54.0. The van der Waals surface area contributed by atoms with Crippen LogP contribution < -0.4 is 10.0 Å². The van der Waals surface area contributed by atoms with Crippen LogP contribution in [0, 0.1) is 0 Å². The Morgan fingerprint density at radius 2 is 1.71 bits per heavy atom. The average molecular weight is 376 g/mol. The third-order valence-electron chi connectivity index (χ3n) is 4.14. The highest BCUT2D eigenvalue weighted by Crippen LogP contribution is 2.22. The minimum absolute atomic E-state index is 0.0222. The highest BCUT2D eigenvalue weighted by Gasteiger charge is 2.27. The summed E-state index contributed by atoms with van der Waals surface area (Å²) in [4.78, 5) is -0.0159. The Morgan fingerprint density at radius 1 is 1.08 bits per heavy atom. The number of hydrogen-bond acceptors (Lipinski definition) is 5. The Morgan fingerprint density at radius 3 is 2.33 bits per heavy atom. The second-order valence-corrected chi connectivity index (χ2v) is 9.69. The number of benzene rings is 1. The van der Waals surface area contributed by atoms with E-state index in [0.717, 1.165) is 19.3 Å². The molecule has 2 rings (SSSR count). The quantitative estimate of drug-likeness (QED) is 0.733. The van der Waals surface area contributed by atoms with Crippen molar-refractivity contribution in [3.8, 4) is 0 Å². The molecule has 2 N–H and O–H groups in total. The van der Waals surface area contributed by atoms with E-state index >= 15 is 0 Å². The molecule has 1 unspecified atom stereocenters. The molecule has 0 bridgehead atoms.